The van der Waals surface area contributed by atoms with Crippen LogP contribution in [-0.2, 0) is 4.79 Å². The summed E-state index contributed by atoms with van der Waals surface area (Å²) in [4.78, 5) is 15.0. The van der Waals surface area contributed by atoms with Gasteiger partial charge in [0.1, 0.15) is 0 Å². The van der Waals surface area contributed by atoms with Crippen LogP contribution in [0.15, 0.2) is 30.3 Å². The zero-order valence-electron chi connectivity index (χ0n) is 11.2. The van der Waals surface area contributed by atoms with E-state index in [-0.39, 0.29) is 11.8 Å². The van der Waals surface area contributed by atoms with Crippen LogP contribution in [-0.4, -0.2) is 28.4 Å². The second kappa shape index (κ2) is 6.15. The van der Waals surface area contributed by atoms with Gasteiger partial charge in [0.25, 0.3) is 0 Å². The molecule has 1 aliphatic carbocycles. The molecule has 1 aromatic rings. The summed E-state index contributed by atoms with van der Waals surface area (Å²) >= 11 is 4.91. The Labute approximate surface area is 119 Å². The summed E-state index contributed by atoms with van der Waals surface area (Å²) in [6.07, 6.45) is 2.81. The van der Waals surface area contributed by atoms with E-state index in [1.54, 1.807) is 0 Å². The molecule has 1 saturated carbocycles. The van der Waals surface area contributed by atoms with Gasteiger partial charge in [-0.05, 0) is 25.3 Å². The van der Waals surface area contributed by atoms with E-state index in [1.165, 1.54) is 0 Å². The molecule has 3 nitrogen and oxygen atoms in total. The fraction of sp³-hybridized carbons (Fsp3) is 0.467. The van der Waals surface area contributed by atoms with Crippen LogP contribution >= 0.6 is 12.2 Å². The van der Waals surface area contributed by atoms with Gasteiger partial charge < -0.3 is 10.6 Å². The number of hydrogen-bond acceptors (Lipinski definition) is 2. The normalized spacial score (nSPS) is 15.8. The van der Waals surface area contributed by atoms with E-state index in [1.807, 2.05) is 42.2 Å². The third-order valence-electron chi connectivity index (χ3n) is 3.54. The predicted molar refractivity (Wildman–Crippen MR) is 81.0 cm³/mol. The SMILES string of the molecule is CC(C(=O)N(CCC(N)=S)C1CC1)c1ccccc1. The molecule has 1 unspecified atom stereocenters. The number of thiocarbonyl (C=S) groups is 1. The Balaban J connectivity index is 2.04. The Morgan fingerprint density at radius 1 is 1.42 bits per heavy atom. The zero-order valence-corrected chi connectivity index (χ0v) is 12.0. The topological polar surface area (TPSA) is 46.3 Å². The van der Waals surface area contributed by atoms with Crippen molar-refractivity contribution >= 4 is 23.1 Å². The molecule has 0 saturated heterocycles. The van der Waals surface area contributed by atoms with Crippen molar-refractivity contribution < 1.29 is 4.79 Å². The lowest BCUT2D eigenvalue weighted by atomic mass is 9.99. The molecule has 0 spiro atoms. The summed E-state index contributed by atoms with van der Waals surface area (Å²) in [7, 11) is 0. The van der Waals surface area contributed by atoms with Gasteiger partial charge in [-0.1, -0.05) is 42.5 Å². The lowest BCUT2D eigenvalue weighted by molar-refractivity contribution is -0.132. The number of carbonyl (C=O) groups excluding carboxylic acids is 1. The van der Waals surface area contributed by atoms with Gasteiger partial charge in [0, 0.05) is 19.0 Å². The summed E-state index contributed by atoms with van der Waals surface area (Å²) in [5, 5.41) is 0. The number of nitrogens with two attached hydrogens (primary N) is 1. The van der Waals surface area contributed by atoms with Crippen LogP contribution in [0.5, 0.6) is 0 Å². The molecule has 0 aliphatic heterocycles. The van der Waals surface area contributed by atoms with Crippen LogP contribution in [0.25, 0.3) is 0 Å². The van der Waals surface area contributed by atoms with E-state index in [0.717, 1.165) is 18.4 Å². The quantitative estimate of drug-likeness (QED) is 0.812. The zero-order chi connectivity index (χ0) is 13.8. The first-order chi connectivity index (χ1) is 9.09. The highest BCUT2D eigenvalue weighted by molar-refractivity contribution is 7.80. The first-order valence-corrected chi connectivity index (χ1v) is 7.14. The molecule has 1 aromatic carbocycles. The first-order valence-electron chi connectivity index (χ1n) is 6.73. The molecule has 1 fully saturated rings. The average molecular weight is 276 g/mol. The van der Waals surface area contributed by atoms with Gasteiger partial charge in [0.2, 0.25) is 5.91 Å². The van der Waals surface area contributed by atoms with Gasteiger partial charge >= 0.3 is 0 Å². The second-order valence-corrected chi connectivity index (χ2v) is 5.64. The molecule has 0 radical (unpaired) electrons. The van der Waals surface area contributed by atoms with Crippen molar-refractivity contribution in [3.63, 3.8) is 0 Å². The Morgan fingerprint density at radius 3 is 2.58 bits per heavy atom. The maximum Gasteiger partial charge on any atom is 0.230 e. The molecule has 102 valence electrons. The standard InChI is InChI=1S/C15H20N2OS/c1-11(12-5-3-2-4-6-12)15(18)17(13-7-8-13)10-9-14(16)19/h2-6,11,13H,7-10H2,1H3,(H2,16,19). The lowest BCUT2D eigenvalue weighted by Gasteiger charge is -2.26. The first kappa shape index (κ1) is 14.0. The molecular weight excluding hydrogens is 256 g/mol. The summed E-state index contributed by atoms with van der Waals surface area (Å²) in [5.41, 5.74) is 6.61. The van der Waals surface area contributed by atoms with Crippen LogP contribution in [0.4, 0.5) is 0 Å². The maximum absolute atomic E-state index is 12.6. The minimum Gasteiger partial charge on any atom is -0.393 e. The number of nitrogens with zero attached hydrogens (tertiary/aromatic N) is 1. The third-order valence-corrected chi connectivity index (χ3v) is 3.74. The number of rotatable bonds is 6. The second-order valence-electron chi connectivity index (χ2n) is 5.11. The molecule has 1 amide bonds. The number of benzene rings is 1. The summed E-state index contributed by atoms with van der Waals surface area (Å²) in [6.45, 7) is 2.61. The minimum atomic E-state index is -0.104. The van der Waals surface area contributed by atoms with E-state index in [0.29, 0.717) is 24.0 Å². The number of amides is 1. The van der Waals surface area contributed by atoms with Gasteiger partial charge in [-0.25, -0.2) is 0 Å². The molecule has 0 bridgehead atoms. The van der Waals surface area contributed by atoms with Crippen molar-refractivity contribution in [2.75, 3.05) is 6.54 Å². The Hall–Kier alpha value is -1.42. The third kappa shape index (κ3) is 3.77. The lowest BCUT2D eigenvalue weighted by Crippen LogP contribution is -2.38. The summed E-state index contributed by atoms with van der Waals surface area (Å²) in [5.74, 6) is 0.0816. The van der Waals surface area contributed by atoms with E-state index in [2.05, 4.69) is 0 Å². The van der Waals surface area contributed by atoms with Gasteiger partial charge in [0.15, 0.2) is 0 Å². The van der Waals surface area contributed by atoms with Gasteiger partial charge in [-0.2, -0.15) is 0 Å². The van der Waals surface area contributed by atoms with Gasteiger partial charge in [-0.3, -0.25) is 4.79 Å². The van der Waals surface area contributed by atoms with Crippen molar-refractivity contribution in [3.05, 3.63) is 35.9 Å². The molecule has 2 N–H and O–H groups in total. The van der Waals surface area contributed by atoms with Crippen molar-refractivity contribution in [2.45, 2.75) is 38.1 Å². The van der Waals surface area contributed by atoms with Crippen molar-refractivity contribution in [1.82, 2.24) is 4.90 Å². The molecule has 2 rings (SSSR count). The highest BCUT2D eigenvalue weighted by Gasteiger charge is 2.34. The molecule has 4 heteroatoms. The van der Waals surface area contributed by atoms with E-state index >= 15 is 0 Å². The van der Waals surface area contributed by atoms with Crippen LogP contribution in [0.2, 0.25) is 0 Å². The molecular formula is C15H20N2OS. The Kier molecular flexibility index (Phi) is 4.53. The molecule has 19 heavy (non-hydrogen) atoms. The number of hydrogen-bond donors (Lipinski definition) is 1. The van der Waals surface area contributed by atoms with Crippen molar-refractivity contribution in [3.8, 4) is 0 Å². The van der Waals surface area contributed by atoms with E-state index in [4.69, 9.17) is 18.0 Å². The predicted octanol–water partition coefficient (Wildman–Crippen LogP) is 2.46. The van der Waals surface area contributed by atoms with Crippen LogP contribution in [0.3, 0.4) is 0 Å². The van der Waals surface area contributed by atoms with Crippen molar-refractivity contribution in [2.24, 2.45) is 5.73 Å². The number of carbonyl (C=O) groups is 1. The highest BCUT2D eigenvalue weighted by atomic mass is 32.1. The fourth-order valence-electron chi connectivity index (χ4n) is 2.22. The van der Waals surface area contributed by atoms with Gasteiger partial charge in [-0.15, -0.1) is 0 Å². The Bertz CT molecular complexity index is 456. The molecule has 0 aromatic heterocycles. The van der Waals surface area contributed by atoms with E-state index < -0.39 is 0 Å². The summed E-state index contributed by atoms with van der Waals surface area (Å²) in [6, 6.07) is 10.3. The van der Waals surface area contributed by atoms with Crippen LogP contribution < -0.4 is 5.73 Å². The fourth-order valence-corrected chi connectivity index (χ4v) is 2.31. The van der Waals surface area contributed by atoms with Crippen molar-refractivity contribution in [1.29, 1.82) is 0 Å². The van der Waals surface area contributed by atoms with E-state index in [9.17, 15) is 4.79 Å². The van der Waals surface area contributed by atoms with Crippen LogP contribution in [0.1, 0.15) is 37.7 Å². The maximum atomic E-state index is 12.6. The monoisotopic (exact) mass is 276 g/mol. The molecule has 1 aliphatic rings. The minimum absolute atomic E-state index is 0.104. The highest BCUT2D eigenvalue weighted by Crippen LogP contribution is 2.30. The molecule has 1 atom stereocenters. The largest absolute Gasteiger partial charge is 0.393 e. The smallest absolute Gasteiger partial charge is 0.230 e. The average Bonchev–Trinajstić information content (AvgIpc) is 3.23. The van der Waals surface area contributed by atoms with Gasteiger partial charge in [0.05, 0.1) is 10.9 Å². The Morgan fingerprint density at radius 2 is 2.05 bits per heavy atom. The summed E-state index contributed by atoms with van der Waals surface area (Å²) < 4.78 is 0. The van der Waals surface area contributed by atoms with Crippen LogP contribution in [0, 0.1) is 0 Å². The molecule has 0 heterocycles.